The van der Waals surface area contributed by atoms with Gasteiger partial charge in [-0.3, -0.25) is 4.98 Å². The number of imidazole rings is 1. The first-order chi connectivity index (χ1) is 9.84. The molecule has 20 heavy (non-hydrogen) atoms. The van der Waals surface area contributed by atoms with Crippen LogP contribution < -0.4 is 5.32 Å². The van der Waals surface area contributed by atoms with Crippen LogP contribution in [-0.2, 0) is 0 Å². The minimum atomic E-state index is 0.168. The van der Waals surface area contributed by atoms with Crippen LogP contribution in [0, 0.1) is 0 Å². The molecule has 1 unspecified atom stereocenters. The minimum Gasteiger partial charge on any atom is -0.348 e. The van der Waals surface area contributed by atoms with Gasteiger partial charge >= 0.3 is 0 Å². The van der Waals surface area contributed by atoms with Crippen molar-refractivity contribution in [1.82, 2.24) is 14.5 Å². The summed E-state index contributed by atoms with van der Waals surface area (Å²) in [7, 11) is 0. The van der Waals surface area contributed by atoms with Crippen molar-refractivity contribution in [2.24, 2.45) is 0 Å². The molecule has 0 saturated heterocycles. The van der Waals surface area contributed by atoms with Gasteiger partial charge in [-0.25, -0.2) is 4.98 Å². The van der Waals surface area contributed by atoms with E-state index in [2.05, 4.69) is 33.0 Å². The van der Waals surface area contributed by atoms with Crippen LogP contribution >= 0.6 is 0 Å². The average molecular weight is 270 g/mol. The van der Waals surface area contributed by atoms with Gasteiger partial charge in [-0.1, -0.05) is 25.3 Å². The van der Waals surface area contributed by atoms with Crippen LogP contribution in [0.1, 0.15) is 56.8 Å². The zero-order valence-corrected chi connectivity index (χ0v) is 12.0. The summed E-state index contributed by atoms with van der Waals surface area (Å²) < 4.78 is 2.30. The zero-order chi connectivity index (χ0) is 13.8. The lowest BCUT2D eigenvalue weighted by Gasteiger charge is -2.25. The lowest BCUT2D eigenvalue weighted by Crippen LogP contribution is -2.17. The van der Waals surface area contributed by atoms with E-state index in [0.29, 0.717) is 6.04 Å². The topological polar surface area (TPSA) is 42.7 Å². The van der Waals surface area contributed by atoms with Gasteiger partial charge in [-0.2, -0.15) is 0 Å². The first-order valence-corrected chi connectivity index (χ1v) is 7.55. The Balaban J connectivity index is 1.73. The molecule has 1 aliphatic carbocycles. The van der Waals surface area contributed by atoms with Crippen molar-refractivity contribution in [1.29, 1.82) is 0 Å². The number of aromatic nitrogens is 3. The predicted molar refractivity (Wildman–Crippen MR) is 80.6 cm³/mol. The van der Waals surface area contributed by atoms with E-state index >= 15 is 0 Å². The standard InChI is InChI=1S/C16H22N4/c1-13(15-9-5-6-10-17-15)19-16-18-11-12-20(16)14-7-3-2-4-8-14/h5-6,9-14H,2-4,7-8H2,1H3,(H,18,19). The third-order valence-corrected chi connectivity index (χ3v) is 4.11. The van der Waals surface area contributed by atoms with Crippen LogP contribution in [0.3, 0.4) is 0 Å². The lowest BCUT2D eigenvalue weighted by molar-refractivity contribution is 0.355. The first-order valence-electron chi connectivity index (χ1n) is 7.55. The molecule has 1 saturated carbocycles. The van der Waals surface area contributed by atoms with E-state index in [1.807, 2.05) is 30.6 Å². The maximum absolute atomic E-state index is 4.48. The molecule has 2 aromatic rings. The highest BCUT2D eigenvalue weighted by Crippen LogP contribution is 2.30. The molecule has 0 radical (unpaired) electrons. The molecule has 1 N–H and O–H groups in total. The van der Waals surface area contributed by atoms with Crippen molar-refractivity contribution in [2.75, 3.05) is 5.32 Å². The molecule has 3 rings (SSSR count). The number of hydrogen-bond donors (Lipinski definition) is 1. The highest BCUT2D eigenvalue weighted by molar-refractivity contribution is 5.31. The van der Waals surface area contributed by atoms with Gasteiger partial charge in [0.05, 0.1) is 11.7 Å². The third-order valence-electron chi connectivity index (χ3n) is 4.11. The number of anilines is 1. The molecule has 0 bridgehead atoms. The van der Waals surface area contributed by atoms with Gasteiger partial charge in [0.15, 0.2) is 0 Å². The van der Waals surface area contributed by atoms with Gasteiger partial charge in [0.1, 0.15) is 0 Å². The second-order valence-electron chi connectivity index (χ2n) is 5.57. The van der Waals surface area contributed by atoms with Crippen LogP contribution in [0.5, 0.6) is 0 Å². The Morgan fingerprint density at radius 3 is 2.75 bits per heavy atom. The second-order valence-corrected chi connectivity index (χ2v) is 5.57. The van der Waals surface area contributed by atoms with E-state index in [1.165, 1.54) is 32.1 Å². The summed E-state index contributed by atoms with van der Waals surface area (Å²) in [4.78, 5) is 8.88. The zero-order valence-electron chi connectivity index (χ0n) is 12.0. The molecular weight excluding hydrogens is 248 g/mol. The van der Waals surface area contributed by atoms with E-state index in [1.54, 1.807) is 0 Å². The van der Waals surface area contributed by atoms with E-state index in [0.717, 1.165) is 11.6 Å². The smallest absolute Gasteiger partial charge is 0.203 e. The Hall–Kier alpha value is -1.84. The minimum absolute atomic E-state index is 0.168. The quantitative estimate of drug-likeness (QED) is 0.914. The number of rotatable bonds is 4. The summed E-state index contributed by atoms with van der Waals surface area (Å²) in [6.07, 6.45) is 12.4. The molecule has 1 aliphatic rings. The summed E-state index contributed by atoms with van der Waals surface area (Å²) >= 11 is 0. The molecule has 0 amide bonds. The maximum atomic E-state index is 4.48. The van der Waals surface area contributed by atoms with Crippen LogP contribution in [-0.4, -0.2) is 14.5 Å². The number of pyridine rings is 1. The van der Waals surface area contributed by atoms with Crippen molar-refractivity contribution >= 4 is 5.95 Å². The van der Waals surface area contributed by atoms with Crippen molar-refractivity contribution in [2.45, 2.75) is 51.1 Å². The van der Waals surface area contributed by atoms with Gasteiger partial charge in [-0.15, -0.1) is 0 Å². The third kappa shape index (κ3) is 2.84. The molecule has 2 aromatic heterocycles. The molecule has 0 spiro atoms. The molecule has 1 atom stereocenters. The normalized spacial score (nSPS) is 17.9. The first kappa shape index (κ1) is 13.2. The lowest BCUT2D eigenvalue weighted by atomic mass is 9.95. The monoisotopic (exact) mass is 270 g/mol. The summed E-state index contributed by atoms with van der Waals surface area (Å²) in [5, 5.41) is 3.49. The van der Waals surface area contributed by atoms with Gasteiger partial charge < -0.3 is 9.88 Å². The SMILES string of the molecule is CC(Nc1nccn1C1CCCCC1)c1ccccn1. The van der Waals surface area contributed by atoms with E-state index in [4.69, 9.17) is 0 Å². The maximum Gasteiger partial charge on any atom is 0.203 e. The van der Waals surface area contributed by atoms with E-state index in [-0.39, 0.29) is 6.04 Å². The average Bonchev–Trinajstić information content (AvgIpc) is 2.97. The predicted octanol–water partition coefficient (Wildman–Crippen LogP) is 3.96. The van der Waals surface area contributed by atoms with Crippen molar-refractivity contribution in [3.8, 4) is 0 Å². The highest BCUT2D eigenvalue weighted by Gasteiger charge is 2.18. The summed E-state index contributed by atoms with van der Waals surface area (Å²) in [6, 6.07) is 6.78. The van der Waals surface area contributed by atoms with Crippen molar-refractivity contribution in [3.05, 3.63) is 42.5 Å². The fourth-order valence-corrected chi connectivity index (χ4v) is 2.98. The number of hydrogen-bond acceptors (Lipinski definition) is 3. The van der Waals surface area contributed by atoms with Gasteiger partial charge in [0.2, 0.25) is 5.95 Å². The summed E-state index contributed by atoms with van der Waals surface area (Å²) in [6.45, 7) is 2.13. The molecular formula is C16H22N4. The van der Waals surface area contributed by atoms with Crippen LogP contribution in [0.25, 0.3) is 0 Å². The molecule has 1 fully saturated rings. The van der Waals surface area contributed by atoms with E-state index in [9.17, 15) is 0 Å². The Morgan fingerprint density at radius 2 is 2.00 bits per heavy atom. The summed E-state index contributed by atoms with van der Waals surface area (Å²) in [5.41, 5.74) is 1.05. The van der Waals surface area contributed by atoms with Gasteiger partial charge in [0.25, 0.3) is 0 Å². The fraction of sp³-hybridized carbons (Fsp3) is 0.500. The second kappa shape index (κ2) is 6.07. The summed E-state index contributed by atoms with van der Waals surface area (Å²) in [5.74, 6) is 0.968. The molecule has 2 heterocycles. The fourth-order valence-electron chi connectivity index (χ4n) is 2.98. The van der Waals surface area contributed by atoms with Gasteiger partial charge in [0, 0.05) is 24.6 Å². The molecule has 0 aliphatic heterocycles. The molecule has 106 valence electrons. The highest BCUT2D eigenvalue weighted by atomic mass is 15.2. The van der Waals surface area contributed by atoms with Crippen LogP contribution in [0.4, 0.5) is 5.95 Å². The van der Waals surface area contributed by atoms with Crippen LogP contribution in [0.15, 0.2) is 36.8 Å². The van der Waals surface area contributed by atoms with Crippen molar-refractivity contribution < 1.29 is 0 Å². The molecule has 4 heteroatoms. The Labute approximate surface area is 120 Å². The Kier molecular flexibility index (Phi) is 4.00. The number of nitrogens with one attached hydrogen (secondary N) is 1. The largest absolute Gasteiger partial charge is 0.348 e. The number of nitrogens with zero attached hydrogens (tertiary/aromatic N) is 3. The molecule has 4 nitrogen and oxygen atoms in total. The molecule has 0 aromatic carbocycles. The van der Waals surface area contributed by atoms with Gasteiger partial charge in [-0.05, 0) is 31.9 Å². The van der Waals surface area contributed by atoms with Crippen LogP contribution in [0.2, 0.25) is 0 Å². The van der Waals surface area contributed by atoms with Crippen molar-refractivity contribution in [3.63, 3.8) is 0 Å². The Morgan fingerprint density at radius 1 is 1.15 bits per heavy atom. The van der Waals surface area contributed by atoms with E-state index < -0.39 is 0 Å². The Bertz CT molecular complexity index is 528.